The second-order valence-electron chi connectivity index (χ2n) is 9.60. The van der Waals surface area contributed by atoms with Crippen LogP contribution in [0, 0.1) is 5.92 Å². The van der Waals surface area contributed by atoms with Crippen molar-refractivity contribution in [2.75, 3.05) is 26.8 Å². The van der Waals surface area contributed by atoms with Crippen LogP contribution < -0.4 is 4.74 Å². The van der Waals surface area contributed by atoms with Crippen molar-refractivity contribution in [3.63, 3.8) is 0 Å². The Morgan fingerprint density at radius 3 is 2.62 bits per heavy atom. The lowest BCUT2D eigenvalue weighted by Crippen LogP contribution is -2.71. The van der Waals surface area contributed by atoms with Gasteiger partial charge in [0.15, 0.2) is 0 Å². The number of piperidine rings is 1. The quantitative estimate of drug-likeness (QED) is 0.362. The summed E-state index contributed by atoms with van der Waals surface area (Å²) in [6, 6.07) is 6.43. The Kier molecular flexibility index (Phi) is 6.39. The molecule has 0 amide bonds. The van der Waals surface area contributed by atoms with Crippen LogP contribution in [0.4, 0.5) is 9.59 Å². The molecule has 1 aromatic rings. The first-order valence-corrected chi connectivity index (χ1v) is 12.0. The zero-order valence-corrected chi connectivity index (χ0v) is 19.7. The predicted octanol–water partition coefficient (Wildman–Crippen LogP) is 4.94. The summed E-state index contributed by atoms with van der Waals surface area (Å²) in [4.78, 5) is 23.9. The third-order valence-corrected chi connectivity index (χ3v) is 8.23. The summed E-state index contributed by atoms with van der Waals surface area (Å²) < 4.78 is 21.9. The van der Waals surface area contributed by atoms with Gasteiger partial charge >= 0.3 is 12.3 Å². The molecule has 2 fully saturated rings. The summed E-state index contributed by atoms with van der Waals surface area (Å²) in [7, 11) is 2.23. The number of hydrogen-bond donors (Lipinski definition) is 0. The van der Waals surface area contributed by atoms with Gasteiger partial charge in [-0.3, -0.25) is 4.48 Å². The van der Waals surface area contributed by atoms with Crippen LogP contribution in [0.1, 0.15) is 64.0 Å². The van der Waals surface area contributed by atoms with Crippen LogP contribution in [0.25, 0.3) is 0 Å². The van der Waals surface area contributed by atoms with Gasteiger partial charge in [-0.2, -0.15) is 0 Å². The number of fused-ring (bicyclic) bond motifs is 1. The van der Waals surface area contributed by atoms with Crippen molar-refractivity contribution in [1.82, 2.24) is 0 Å². The van der Waals surface area contributed by atoms with Gasteiger partial charge in [-0.25, -0.2) is 9.59 Å². The summed E-state index contributed by atoms with van der Waals surface area (Å²) in [6.07, 6.45) is 5.20. The fourth-order valence-corrected chi connectivity index (χ4v) is 6.57. The van der Waals surface area contributed by atoms with Gasteiger partial charge in [0.25, 0.3) is 0 Å². The van der Waals surface area contributed by atoms with Crippen molar-refractivity contribution >= 4 is 12.3 Å². The largest absolute Gasteiger partial charge is 0.513 e. The van der Waals surface area contributed by atoms with Crippen molar-refractivity contribution in [2.45, 2.75) is 77.0 Å². The first-order chi connectivity index (χ1) is 15.3. The molecule has 1 heterocycles. The minimum Gasteiger partial charge on any atom is -0.434 e. The van der Waals surface area contributed by atoms with Gasteiger partial charge in [0.2, 0.25) is 6.23 Å². The molecule has 3 aliphatic rings. The molecule has 32 heavy (non-hydrogen) atoms. The van der Waals surface area contributed by atoms with Gasteiger partial charge in [-0.15, -0.1) is 0 Å². The van der Waals surface area contributed by atoms with Crippen LogP contribution in [0.3, 0.4) is 0 Å². The molecule has 176 valence electrons. The number of likely N-dealkylation sites (N-methyl/N-ethyl adjacent to an activating group) is 1. The Balaban J connectivity index is 1.66. The molecule has 1 aromatic carbocycles. The normalized spacial score (nSPS) is 31.5. The molecule has 4 rings (SSSR count). The van der Waals surface area contributed by atoms with Crippen molar-refractivity contribution < 1.29 is 33.0 Å². The molecule has 1 saturated heterocycles. The summed E-state index contributed by atoms with van der Waals surface area (Å²) >= 11 is 0. The molecule has 5 atom stereocenters. The number of carbonyl (C=O) groups is 2. The third kappa shape index (κ3) is 3.85. The number of benzene rings is 1. The number of likely N-dealkylation sites (tertiary alicyclic amines) is 1. The number of carbonyl (C=O) groups excluding carboxylic acids is 2. The monoisotopic (exact) mass is 446 g/mol. The van der Waals surface area contributed by atoms with Crippen LogP contribution in [-0.4, -0.2) is 55.9 Å². The van der Waals surface area contributed by atoms with E-state index < -0.39 is 12.3 Å². The molecule has 0 radical (unpaired) electrons. The van der Waals surface area contributed by atoms with Gasteiger partial charge < -0.3 is 18.9 Å². The summed E-state index contributed by atoms with van der Waals surface area (Å²) in [5, 5.41) is 0. The highest BCUT2D eigenvalue weighted by Gasteiger charge is 2.61. The Morgan fingerprint density at radius 2 is 1.88 bits per heavy atom. The van der Waals surface area contributed by atoms with E-state index in [9.17, 15) is 9.59 Å². The smallest absolute Gasteiger partial charge is 0.434 e. The minimum atomic E-state index is -0.656. The number of hydrogen-bond acceptors (Lipinski definition) is 6. The second-order valence-corrected chi connectivity index (χ2v) is 9.60. The molecule has 0 aromatic heterocycles. The topological polar surface area (TPSA) is 71.1 Å². The van der Waals surface area contributed by atoms with Crippen LogP contribution in [-0.2, 0) is 26.0 Å². The maximum absolute atomic E-state index is 12.1. The van der Waals surface area contributed by atoms with Gasteiger partial charge in [-0.05, 0) is 49.9 Å². The maximum atomic E-state index is 12.1. The molecule has 2 aliphatic carbocycles. The summed E-state index contributed by atoms with van der Waals surface area (Å²) in [6.45, 7) is 7.10. The molecular formula is C25H36NO6+. The molecule has 0 N–H and O–H groups in total. The minimum absolute atomic E-state index is 0.0892. The van der Waals surface area contributed by atoms with Crippen molar-refractivity contribution in [2.24, 2.45) is 5.92 Å². The fraction of sp³-hybridized carbons (Fsp3) is 0.680. The number of nitrogens with zero attached hydrogens (tertiary/aromatic N) is 1. The van der Waals surface area contributed by atoms with E-state index in [2.05, 4.69) is 19.2 Å². The first-order valence-electron chi connectivity index (χ1n) is 12.0. The highest BCUT2D eigenvalue weighted by atomic mass is 16.7. The van der Waals surface area contributed by atoms with Crippen molar-refractivity contribution in [3.05, 3.63) is 29.3 Å². The van der Waals surface area contributed by atoms with Crippen LogP contribution in [0.5, 0.6) is 5.75 Å². The average molecular weight is 447 g/mol. The molecule has 2 unspecified atom stereocenters. The van der Waals surface area contributed by atoms with Crippen LogP contribution in [0.2, 0.25) is 0 Å². The van der Waals surface area contributed by atoms with Crippen LogP contribution in [0.15, 0.2) is 18.2 Å². The highest BCUT2D eigenvalue weighted by molar-refractivity contribution is 5.64. The van der Waals surface area contributed by atoms with E-state index in [1.54, 1.807) is 13.8 Å². The first kappa shape index (κ1) is 22.9. The highest BCUT2D eigenvalue weighted by Crippen LogP contribution is 2.58. The Hall–Kier alpha value is -2.28. The zero-order valence-electron chi connectivity index (χ0n) is 19.7. The second kappa shape index (κ2) is 8.93. The Labute approximate surface area is 190 Å². The lowest BCUT2D eigenvalue weighted by molar-refractivity contribution is -0.982. The predicted molar refractivity (Wildman–Crippen MR) is 118 cm³/mol. The fourth-order valence-electron chi connectivity index (χ4n) is 6.57. The van der Waals surface area contributed by atoms with E-state index >= 15 is 0 Å². The van der Waals surface area contributed by atoms with Gasteiger partial charge in [0.05, 0.1) is 32.8 Å². The SMILES string of the molecule is CCOC(=O)Oc1ccc2c(c1)[C@]13CCCC[C@@H]1[C@H](C2)[N+](C)(C(C)OC(=O)OCC)CC3. The number of rotatable bonds is 5. The summed E-state index contributed by atoms with van der Waals surface area (Å²) in [5.41, 5.74) is 2.74. The van der Waals surface area contributed by atoms with E-state index in [0.29, 0.717) is 35.4 Å². The average Bonchev–Trinajstić information content (AvgIpc) is 2.77. The Bertz CT molecular complexity index is 872. The molecular weight excluding hydrogens is 410 g/mol. The van der Waals surface area contributed by atoms with Crippen molar-refractivity contribution in [3.8, 4) is 5.75 Å². The van der Waals surface area contributed by atoms with Gasteiger partial charge in [-0.1, -0.05) is 18.9 Å². The molecule has 0 spiro atoms. The maximum Gasteiger partial charge on any atom is 0.513 e. The lowest BCUT2D eigenvalue weighted by atomic mass is 9.52. The molecule has 7 nitrogen and oxygen atoms in total. The van der Waals surface area contributed by atoms with E-state index in [0.717, 1.165) is 25.8 Å². The number of ether oxygens (including phenoxy) is 4. The van der Waals surface area contributed by atoms with Gasteiger partial charge in [0.1, 0.15) is 5.75 Å². The summed E-state index contributed by atoms with van der Waals surface area (Å²) in [5.74, 6) is 1.06. The standard InChI is InChI=1S/C25H36NO6/c1-5-29-23(27)31-17(3)26(4)14-13-25-12-8-7-9-20(25)22(26)15-18-10-11-19(16-21(18)25)32-24(28)30-6-2/h10-11,16-17,20,22H,5-9,12-15H2,1-4H3/q+1/t17?,20-,22+,25+,26?/m1/s1. The molecule has 1 aliphatic heterocycles. The van der Waals surface area contributed by atoms with E-state index in [1.165, 1.54) is 30.4 Å². The third-order valence-electron chi connectivity index (χ3n) is 8.23. The Morgan fingerprint density at radius 1 is 1.12 bits per heavy atom. The zero-order chi connectivity index (χ0) is 22.9. The molecule has 2 bridgehead atoms. The van der Waals surface area contributed by atoms with Gasteiger partial charge in [0, 0.05) is 31.1 Å². The van der Waals surface area contributed by atoms with E-state index in [4.69, 9.17) is 18.9 Å². The van der Waals surface area contributed by atoms with E-state index in [1.807, 2.05) is 13.0 Å². The van der Waals surface area contributed by atoms with Crippen molar-refractivity contribution in [1.29, 1.82) is 0 Å². The molecule has 7 heteroatoms. The number of quaternary nitrogens is 1. The van der Waals surface area contributed by atoms with E-state index in [-0.39, 0.29) is 11.6 Å². The molecule has 1 saturated carbocycles. The van der Waals surface area contributed by atoms with Crippen LogP contribution >= 0.6 is 0 Å². The lowest BCUT2D eigenvalue weighted by Gasteiger charge is -2.62.